The minimum atomic E-state index is 0.635. The third-order valence-electron chi connectivity index (χ3n) is 2.76. The van der Waals surface area contributed by atoms with Crippen LogP contribution in [0.3, 0.4) is 0 Å². The van der Waals surface area contributed by atoms with E-state index in [0.29, 0.717) is 11.7 Å². The van der Waals surface area contributed by atoms with Gasteiger partial charge in [0.15, 0.2) is 5.05 Å². The monoisotopic (exact) mass is 286 g/mol. The van der Waals surface area contributed by atoms with E-state index >= 15 is 0 Å². The van der Waals surface area contributed by atoms with E-state index in [9.17, 15) is 0 Å². The molecule has 20 heavy (non-hydrogen) atoms. The second-order valence-corrected chi connectivity index (χ2v) is 4.86. The molecule has 0 heterocycles. The normalized spacial score (nSPS) is 10.0. The summed E-state index contributed by atoms with van der Waals surface area (Å²) < 4.78 is 11.2. The standard InChI is InChI=1S/C17H18O2S/c20-17(19-16-11-5-2-6-12-16)13-7-8-14-18-15-9-3-1-4-10-15/h1-6,9-12H,7-8,13-14H2. The first-order valence-electron chi connectivity index (χ1n) is 6.78. The first kappa shape index (κ1) is 14.5. The first-order chi connectivity index (χ1) is 9.84. The lowest BCUT2D eigenvalue weighted by atomic mass is 10.2. The van der Waals surface area contributed by atoms with Gasteiger partial charge < -0.3 is 9.47 Å². The Morgan fingerprint density at radius 2 is 1.40 bits per heavy atom. The summed E-state index contributed by atoms with van der Waals surface area (Å²) >= 11 is 5.22. The molecule has 0 saturated heterocycles. The van der Waals surface area contributed by atoms with Gasteiger partial charge in [-0.3, -0.25) is 0 Å². The summed E-state index contributed by atoms with van der Waals surface area (Å²) in [6, 6.07) is 19.5. The fourth-order valence-corrected chi connectivity index (χ4v) is 1.99. The van der Waals surface area contributed by atoms with Crippen LogP contribution in [0.15, 0.2) is 60.7 Å². The molecule has 2 aromatic carbocycles. The number of para-hydroxylation sites is 2. The molecule has 0 amide bonds. The maximum Gasteiger partial charge on any atom is 0.167 e. The van der Waals surface area contributed by atoms with E-state index in [4.69, 9.17) is 21.7 Å². The van der Waals surface area contributed by atoms with Crippen molar-refractivity contribution >= 4 is 17.3 Å². The van der Waals surface area contributed by atoms with Crippen LogP contribution in [0, 0.1) is 0 Å². The summed E-state index contributed by atoms with van der Waals surface area (Å²) in [6.45, 7) is 0.706. The summed E-state index contributed by atoms with van der Waals surface area (Å²) in [5.41, 5.74) is 0. The third-order valence-corrected chi connectivity index (χ3v) is 3.05. The number of unbranched alkanes of at least 4 members (excludes halogenated alkanes) is 1. The summed E-state index contributed by atoms with van der Waals surface area (Å²) in [4.78, 5) is 0. The molecule has 0 atom stereocenters. The average Bonchev–Trinajstić information content (AvgIpc) is 2.49. The van der Waals surface area contributed by atoms with Gasteiger partial charge in [0.1, 0.15) is 11.5 Å². The highest BCUT2D eigenvalue weighted by molar-refractivity contribution is 7.80. The molecule has 0 radical (unpaired) electrons. The molecule has 0 N–H and O–H groups in total. The minimum Gasteiger partial charge on any atom is -0.494 e. The SMILES string of the molecule is S=C(CCCCOc1ccccc1)Oc1ccccc1. The zero-order chi connectivity index (χ0) is 14.0. The lowest BCUT2D eigenvalue weighted by molar-refractivity contribution is 0.307. The van der Waals surface area contributed by atoms with Crippen molar-refractivity contribution in [2.75, 3.05) is 6.61 Å². The highest BCUT2D eigenvalue weighted by Crippen LogP contribution is 2.12. The van der Waals surface area contributed by atoms with Gasteiger partial charge in [0.05, 0.1) is 6.61 Å². The fourth-order valence-electron chi connectivity index (χ4n) is 1.75. The second kappa shape index (κ2) is 8.33. The van der Waals surface area contributed by atoms with Crippen LogP contribution in [0.1, 0.15) is 19.3 Å². The molecule has 0 fully saturated rings. The lowest BCUT2D eigenvalue weighted by Gasteiger charge is -2.08. The molecule has 0 saturated carbocycles. The Bertz CT molecular complexity index is 511. The summed E-state index contributed by atoms with van der Waals surface area (Å²) in [5, 5.41) is 0.635. The predicted octanol–water partition coefficient (Wildman–Crippen LogP) is 4.64. The maximum absolute atomic E-state index is 5.62. The molecule has 0 aliphatic heterocycles. The fraction of sp³-hybridized carbons (Fsp3) is 0.235. The molecule has 0 aliphatic carbocycles. The number of benzene rings is 2. The Balaban J connectivity index is 1.58. The van der Waals surface area contributed by atoms with E-state index in [1.54, 1.807) is 0 Å². The zero-order valence-electron chi connectivity index (χ0n) is 11.3. The van der Waals surface area contributed by atoms with Gasteiger partial charge in [-0.05, 0) is 49.3 Å². The Morgan fingerprint density at radius 3 is 2.05 bits per heavy atom. The van der Waals surface area contributed by atoms with Crippen LogP contribution in [-0.2, 0) is 0 Å². The summed E-state index contributed by atoms with van der Waals surface area (Å²) in [6.07, 6.45) is 2.72. The molecule has 0 aromatic heterocycles. The van der Waals surface area contributed by atoms with Crippen LogP contribution in [0.4, 0.5) is 0 Å². The highest BCUT2D eigenvalue weighted by atomic mass is 32.1. The third kappa shape index (κ3) is 5.41. The quantitative estimate of drug-likeness (QED) is 0.545. The number of hydrogen-bond acceptors (Lipinski definition) is 3. The van der Waals surface area contributed by atoms with Gasteiger partial charge in [-0.25, -0.2) is 0 Å². The van der Waals surface area contributed by atoms with E-state index in [1.165, 1.54) is 0 Å². The van der Waals surface area contributed by atoms with Gasteiger partial charge >= 0.3 is 0 Å². The molecule has 2 nitrogen and oxygen atoms in total. The molecule has 2 rings (SSSR count). The summed E-state index contributed by atoms with van der Waals surface area (Å²) in [5.74, 6) is 1.72. The van der Waals surface area contributed by atoms with E-state index in [-0.39, 0.29) is 0 Å². The van der Waals surface area contributed by atoms with Crippen molar-refractivity contribution in [3.05, 3.63) is 60.7 Å². The molecule has 0 bridgehead atoms. The van der Waals surface area contributed by atoms with Gasteiger partial charge in [-0.1, -0.05) is 36.4 Å². The van der Waals surface area contributed by atoms with E-state index in [0.717, 1.165) is 30.8 Å². The molecule has 2 aromatic rings. The van der Waals surface area contributed by atoms with Crippen molar-refractivity contribution < 1.29 is 9.47 Å². The number of hydrogen-bond donors (Lipinski definition) is 0. The molecular formula is C17H18O2S. The first-order valence-corrected chi connectivity index (χ1v) is 7.19. The van der Waals surface area contributed by atoms with E-state index in [1.807, 2.05) is 60.7 Å². The molecule has 3 heteroatoms. The summed E-state index contributed by atoms with van der Waals surface area (Å²) in [7, 11) is 0. The van der Waals surface area contributed by atoms with E-state index in [2.05, 4.69) is 0 Å². The Labute approximate surface area is 125 Å². The lowest BCUT2D eigenvalue weighted by Crippen LogP contribution is -2.06. The minimum absolute atomic E-state index is 0.635. The zero-order valence-corrected chi connectivity index (χ0v) is 12.1. The van der Waals surface area contributed by atoms with Crippen molar-refractivity contribution in [2.24, 2.45) is 0 Å². The predicted molar refractivity (Wildman–Crippen MR) is 85.5 cm³/mol. The van der Waals surface area contributed by atoms with Crippen molar-refractivity contribution in [3.63, 3.8) is 0 Å². The Hall–Kier alpha value is -1.87. The van der Waals surface area contributed by atoms with Crippen molar-refractivity contribution in [1.82, 2.24) is 0 Å². The van der Waals surface area contributed by atoms with Crippen LogP contribution in [0.2, 0.25) is 0 Å². The highest BCUT2D eigenvalue weighted by Gasteiger charge is 2.00. The number of ether oxygens (including phenoxy) is 2. The van der Waals surface area contributed by atoms with Gasteiger partial charge in [-0.15, -0.1) is 0 Å². The topological polar surface area (TPSA) is 18.5 Å². The van der Waals surface area contributed by atoms with Crippen LogP contribution in [-0.4, -0.2) is 11.7 Å². The molecule has 0 spiro atoms. The van der Waals surface area contributed by atoms with Crippen molar-refractivity contribution in [1.29, 1.82) is 0 Å². The molecule has 0 aliphatic rings. The largest absolute Gasteiger partial charge is 0.494 e. The van der Waals surface area contributed by atoms with Gasteiger partial charge in [0, 0.05) is 6.42 Å². The number of thiocarbonyl (C=S) groups is 1. The Kier molecular flexibility index (Phi) is 6.06. The van der Waals surface area contributed by atoms with Crippen LogP contribution >= 0.6 is 12.2 Å². The van der Waals surface area contributed by atoms with Crippen LogP contribution in [0.25, 0.3) is 0 Å². The maximum atomic E-state index is 5.62. The van der Waals surface area contributed by atoms with Crippen LogP contribution < -0.4 is 9.47 Å². The van der Waals surface area contributed by atoms with E-state index < -0.39 is 0 Å². The molecule has 104 valence electrons. The van der Waals surface area contributed by atoms with Gasteiger partial charge in [0.2, 0.25) is 0 Å². The molecule has 0 unspecified atom stereocenters. The number of rotatable bonds is 7. The average molecular weight is 286 g/mol. The Morgan fingerprint density at radius 1 is 0.800 bits per heavy atom. The second-order valence-electron chi connectivity index (χ2n) is 4.41. The van der Waals surface area contributed by atoms with Gasteiger partial charge in [-0.2, -0.15) is 0 Å². The smallest absolute Gasteiger partial charge is 0.167 e. The van der Waals surface area contributed by atoms with Crippen molar-refractivity contribution in [2.45, 2.75) is 19.3 Å². The van der Waals surface area contributed by atoms with Crippen LogP contribution in [0.5, 0.6) is 11.5 Å². The van der Waals surface area contributed by atoms with Gasteiger partial charge in [0.25, 0.3) is 0 Å². The van der Waals surface area contributed by atoms with Crippen molar-refractivity contribution in [3.8, 4) is 11.5 Å². The molecular weight excluding hydrogens is 268 g/mol.